The third-order valence-corrected chi connectivity index (χ3v) is 6.16. The van der Waals surface area contributed by atoms with E-state index in [1.165, 1.54) is 16.5 Å². The van der Waals surface area contributed by atoms with E-state index in [-0.39, 0.29) is 29.4 Å². The van der Waals surface area contributed by atoms with Crippen molar-refractivity contribution >= 4 is 17.7 Å². The van der Waals surface area contributed by atoms with Crippen LogP contribution in [0.1, 0.15) is 41.6 Å². The van der Waals surface area contributed by atoms with Crippen LogP contribution in [0, 0.1) is 5.82 Å². The van der Waals surface area contributed by atoms with Crippen molar-refractivity contribution in [3.05, 3.63) is 47.4 Å². The Hall–Kier alpha value is -2.12. The standard InChI is InChI=1S/C20H22FN3O2S/c21-13-10-17(19(25)24-15-3-1-14(22)2-4-15)20(23-11-13)26-16-5-6-18-12(9-16)7-8-27-18/h5-6,9-11,14-15H,1-4,7-8,22H2,(H,24,25). The van der Waals surface area contributed by atoms with E-state index in [1.807, 2.05) is 30.0 Å². The van der Waals surface area contributed by atoms with Gasteiger partial charge in [-0.25, -0.2) is 9.37 Å². The number of aromatic nitrogens is 1. The second-order valence-electron chi connectivity index (χ2n) is 7.06. The highest BCUT2D eigenvalue weighted by atomic mass is 32.2. The molecule has 3 N–H and O–H groups in total. The Labute approximate surface area is 161 Å². The Bertz CT molecular complexity index is 853. The van der Waals surface area contributed by atoms with Crippen molar-refractivity contribution < 1.29 is 13.9 Å². The maximum atomic E-state index is 13.7. The van der Waals surface area contributed by atoms with Gasteiger partial charge in [0.25, 0.3) is 5.91 Å². The molecule has 1 aromatic heterocycles. The Morgan fingerprint density at radius 2 is 2.07 bits per heavy atom. The fraction of sp³-hybridized carbons (Fsp3) is 0.400. The lowest BCUT2D eigenvalue weighted by molar-refractivity contribution is 0.0922. The highest BCUT2D eigenvalue weighted by Crippen LogP contribution is 2.35. The number of nitrogens with two attached hydrogens (primary N) is 1. The summed E-state index contributed by atoms with van der Waals surface area (Å²) in [7, 11) is 0. The molecule has 0 spiro atoms. The van der Waals surface area contributed by atoms with Crippen molar-refractivity contribution in [3.8, 4) is 11.6 Å². The van der Waals surface area contributed by atoms with Crippen LogP contribution in [0.2, 0.25) is 0 Å². The molecule has 0 unspecified atom stereocenters. The number of hydrogen-bond acceptors (Lipinski definition) is 5. The van der Waals surface area contributed by atoms with E-state index in [4.69, 9.17) is 10.5 Å². The highest BCUT2D eigenvalue weighted by Gasteiger charge is 2.23. The average molecular weight is 387 g/mol. The largest absolute Gasteiger partial charge is 0.438 e. The Kier molecular flexibility index (Phi) is 5.31. The summed E-state index contributed by atoms with van der Waals surface area (Å²) in [6, 6.07) is 7.25. The van der Waals surface area contributed by atoms with Crippen molar-refractivity contribution in [2.45, 2.75) is 49.1 Å². The van der Waals surface area contributed by atoms with Gasteiger partial charge in [0.15, 0.2) is 0 Å². The first-order chi connectivity index (χ1) is 13.1. The first kappa shape index (κ1) is 18.3. The van der Waals surface area contributed by atoms with E-state index < -0.39 is 5.82 Å². The number of fused-ring (bicyclic) bond motifs is 1. The van der Waals surface area contributed by atoms with Gasteiger partial charge in [-0.15, -0.1) is 11.8 Å². The molecule has 0 atom stereocenters. The lowest BCUT2D eigenvalue weighted by atomic mass is 9.91. The van der Waals surface area contributed by atoms with E-state index >= 15 is 0 Å². The second-order valence-corrected chi connectivity index (χ2v) is 8.20. The van der Waals surface area contributed by atoms with Gasteiger partial charge in [0.05, 0.1) is 6.20 Å². The van der Waals surface area contributed by atoms with E-state index in [0.29, 0.717) is 5.75 Å². The monoisotopic (exact) mass is 387 g/mol. The minimum absolute atomic E-state index is 0.0467. The zero-order valence-electron chi connectivity index (χ0n) is 14.9. The van der Waals surface area contributed by atoms with Gasteiger partial charge in [0.1, 0.15) is 17.1 Å². The van der Waals surface area contributed by atoms with Gasteiger partial charge in [-0.2, -0.15) is 0 Å². The molecule has 1 amide bonds. The molecule has 5 nitrogen and oxygen atoms in total. The van der Waals surface area contributed by atoms with Crippen LogP contribution in [0.25, 0.3) is 0 Å². The summed E-state index contributed by atoms with van der Waals surface area (Å²) in [4.78, 5) is 18.0. The minimum Gasteiger partial charge on any atom is -0.438 e. The van der Waals surface area contributed by atoms with Crippen LogP contribution in [0.3, 0.4) is 0 Å². The topological polar surface area (TPSA) is 77.2 Å². The minimum atomic E-state index is -0.566. The number of carbonyl (C=O) groups is 1. The number of pyridine rings is 1. The fourth-order valence-electron chi connectivity index (χ4n) is 3.54. The van der Waals surface area contributed by atoms with E-state index in [2.05, 4.69) is 10.3 Å². The molecule has 142 valence electrons. The lowest BCUT2D eigenvalue weighted by Gasteiger charge is -2.27. The van der Waals surface area contributed by atoms with Crippen LogP contribution in [0.15, 0.2) is 35.4 Å². The molecular formula is C20H22FN3O2S. The van der Waals surface area contributed by atoms with Crippen molar-refractivity contribution in [2.24, 2.45) is 5.73 Å². The molecule has 1 aromatic carbocycles. The van der Waals surface area contributed by atoms with E-state index in [1.54, 1.807) is 0 Å². The van der Waals surface area contributed by atoms with Gasteiger partial charge in [-0.05, 0) is 61.9 Å². The molecular weight excluding hydrogens is 365 g/mol. The van der Waals surface area contributed by atoms with Crippen LogP contribution < -0.4 is 15.8 Å². The fourth-order valence-corrected chi connectivity index (χ4v) is 4.59. The highest BCUT2D eigenvalue weighted by molar-refractivity contribution is 7.99. The Morgan fingerprint density at radius 3 is 2.89 bits per heavy atom. The number of nitrogens with one attached hydrogen (secondary N) is 1. The first-order valence-electron chi connectivity index (χ1n) is 9.24. The molecule has 0 saturated heterocycles. The third-order valence-electron chi connectivity index (χ3n) is 5.04. The Balaban J connectivity index is 1.52. The SMILES string of the molecule is NC1CCC(NC(=O)c2cc(F)cnc2Oc2ccc3c(c2)CCS3)CC1. The quantitative estimate of drug-likeness (QED) is 0.837. The molecule has 0 radical (unpaired) electrons. The third kappa shape index (κ3) is 4.25. The first-order valence-corrected chi connectivity index (χ1v) is 10.2. The number of rotatable bonds is 4. The Morgan fingerprint density at radius 1 is 1.26 bits per heavy atom. The summed E-state index contributed by atoms with van der Waals surface area (Å²) in [6.07, 6.45) is 5.47. The van der Waals surface area contributed by atoms with Gasteiger partial charge < -0.3 is 15.8 Å². The second kappa shape index (κ2) is 7.86. The zero-order chi connectivity index (χ0) is 18.8. The summed E-state index contributed by atoms with van der Waals surface area (Å²) in [5.41, 5.74) is 7.25. The molecule has 1 aliphatic carbocycles. The van der Waals surface area contributed by atoms with E-state index in [0.717, 1.165) is 44.1 Å². The van der Waals surface area contributed by atoms with Gasteiger partial charge >= 0.3 is 0 Å². The summed E-state index contributed by atoms with van der Waals surface area (Å²) >= 11 is 1.82. The number of hydrogen-bond donors (Lipinski definition) is 2. The molecule has 2 aliphatic rings. The van der Waals surface area contributed by atoms with E-state index in [9.17, 15) is 9.18 Å². The van der Waals surface area contributed by atoms with Gasteiger partial charge in [-0.3, -0.25) is 4.79 Å². The van der Waals surface area contributed by atoms with Crippen molar-refractivity contribution in [2.75, 3.05) is 5.75 Å². The summed E-state index contributed by atoms with van der Waals surface area (Å²) in [5, 5.41) is 2.97. The molecule has 1 fully saturated rings. The zero-order valence-corrected chi connectivity index (χ0v) is 15.7. The number of halogens is 1. The van der Waals surface area contributed by atoms with Gasteiger partial charge in [0, 0.05) is 22.7 Å². The number of nitrogens with zero attached hydrogens (tertiary/aromatic N) is 1. The number of amides is 1. The smallest absolute Gasteiger partial charge is 0.257 e. The summed E-state index contributed by atoms with van der Waals surface area (Å²) in [6.45, 7) is 0. The molecule has 7 heteroatoms. The maximum absolute atomic E-state index is 13.7. The number of carbonyl (C=O) groups excluding carboxylic acids is 1. The predicted molar refractivity (Wildman–Crippen MR) is 103 cm³/mol. The molecule has 1 aliphatic heterocycles. The van der Waals surface area contributed by atoms with Crippen molar-refractivity contribution in [1.29, 1.82) is 0 Å². The van der Waals surface area contributed by atoms with Crippen LogP contribution >= 0.6 is 11.8 Å². The van der Waals surface area contributed by atoms with Crippen LogP contribution in [0.4, 0.5) is 4.39 Å². The van der Waals surface area contributed by atoms with Crippen molar-refractivity contribution in [1.82, 2.24) is 10.3 Å². The molecule has 2 aromatic rings. The molecule has 4 rings (SSSR count). The summed E-state index contributed by atoms with van der Waals surface area (Å²) in [5.74, 6) is 0.851. The lowest BCUT2D eigenvalue weighted by Crippen LogP contribution is -2.40. The normalized spacial score (nSPS) is 21.6. The summed E-state index contributed by atoms with van der Waals surface area (Å²) < 4.78 is 19.6. The number of thioether (sulfide) groups is 1. The van der Waals surface area contributed by atoms with Crippen molar-refractivity contribution in [3.63, 3.8) is 0 Å². The van der Waals surface area contributed by atoms with Crippen LogP contribution in [0.5, 0.6) is 11.6 Å². The van der Waals surface area contributed by atoms with Gasteiger partial charge in [0.2, 0.25) is 5.88 Å². The molecule has 0 bridgehead atoms. The molecule has 1 saturated carbocycles. The number of benzene rings is 1. The average Bonchev–Trinajstić information content (AvgIpc) is 3.13. The number of aryl methyl sites for hydroxylation is 1. The molecule has 27 heavy (non-hydrogen) atoms. The van der Waals surface area contributed by atoms with Gasteiger partial charge in [-0.1, -0.05) is 0 Å². The van der Waals surface area contributed by atoms with Crippen LogP contribution in [-0.2, 0) is 6.42 Å². The maximum Gasteiger partial charge on any atom is 0.257 e. The predicted octanol–water partition coefficient (Wildman–Crippen LogP) is 3.66. The number of ether oxygens (including phenoxy) is 1. The molecule has 2 heterocycles. The van der Waals surface area contributed by atoms with Crippen LogP contribution in [-0.4, -0.2) is 28.7 Å².